The molecule has 1 heterocycles. The Kier molecular flexibility index (Phi) is 5.47. The van der Waals surface area contributed by atoms with Crippen molar-refractivity contribution >= 4 is 11.7 Å². The predicted molar refractivity (Wildman–Crippen MR) is 117 cm³/mol. The highest BCUT2D eigenvalue weighted by molar-refractivity contribution is 5.89. The Hall–Kier alpha value is -4.77. The fourth-order valence-corrected chi connectivity index (χ4v) is 3.06. The highest BCUT2D eigenvalue weighted by Gasteiger charge is 2.17. The van der Waals surface area contributed by atoms with Crippen molar-refractivity contribution in [3.05, 3.63) is 83.7 Å². The van der Waals surface area contributed by atoms with Gasteiger partial charge in [-0.05, 0) is 30.3 Å². The number of aromatic hydroxyl groups is 2. The van der Waals surface area contributed by atoms with E-state index in [-0.39, 0.29) is 34.7 Å². The third-order valence-corrected chi connectivity index (χ3v) is 4.70. The molecule has 0 aliphatic rings. The molecule has 4 rings (SSSR count). The van der Waals surface area contributed by atoms with E-state index >= 15 is 0 Å². The molecule has 156 valence electrons. The lowest BCUT2D eigenvalue weighted by Crippen LogP contribution is -2.02. The van der Waals surface area contributed by atoms with Gasteiger partial charge in [0.25, 0.3) is 0 Å². The molecule has 3 aromatic carbocycles. The summed E-state index contributed by atoms with van der Waals surface area (Å²) in [7, 11) is 1.30. The van der Waals surface area contributed by atoms with Crippen LogP contribution in [0.2, 0.25) is 0 Å². The van der Waals surface area contributed by atoms with Gasteiger partial charge < -0.3 is 14.9 Å². The van der Waals surface area contributed by atoms with Gasteiger partial charge in [0.1, 0.15) is 11.5 Å². The van der Waals surface area contributed by atoms with Gasteiger partial charge in [0.15, 0.2) is 23.2 Å². The lowest BCUT2D eigenvalue weighted by Gasteiger charge is -2.10. The van der Waals surface area contributed by atoms with Gasteiger partial charge in [-0.3, -0.25) is 0 Å². The summed E-state index contributed by atoms with van der Waals surface area (Å²) in [6, 6.07) is 17.6. The van der Waals surface area contributed by atoms with Crippen molar-refractivity contribution in [1.29, 1.82) is 0 Å². The van der Waals surface area contributed by atoms with Crippen molar-refractivity contribution in [2.45, 2.75) is 0 Å². The lowest BCUT2D eigenvalue weighted by atomic mass is 10.1. The van der Waals surface area contributed by atoms with E-state index in [4.69, 9.17) is 11.3 Å². The molecule has 0 aliphatic carbocycles. The quantitative estimate of drug-likeness (QED) is 0.363. The molecule has 0 aliphatic heterocycles. The zero-order valence-electron chi connectivity index (χ0n) is 16.9. The van der Waals surface area contributed by atoms with Crippen molar-refractivity contribution in [2.24, 2.45) is 0 Å². The van der Waals surface area contributed by atoms with Crippen LogP contribution in [0.25, 0.3) is 39.0 Å². The zero-order chi connectivity index (χ0) is 22.7. The van der Waals surface area contributed by atoms with Gasteiger partial charge in [-0.2, -0.15) is 0 Å². The first-order valence-electron chi connectivity index (χ1n) is 9.44. The Balaban J connectivity index is 1.90. The van der Waals surface area contributed by atoms with Crippen LogP contribution in [0.1, 0.15) is 10.4 Å². The molecule has 4 aromatic rings. The number of phenolic OH excluding ortho intramolecular Hbond substituents is 2. The summed E-state index contributed by atoms with van der Waals surface area (Å²) in [5.74, 6) is 0.0168. The van der Waals surface area contributed by atoms with Crippen LogP contribution in [0.15, 0.2) is 66.7 Å². The summed E-state index contributed by atoms with van der Waals surface area (Å²) in [4.78, 5) is 28.4. The molecule has 0 spiro atoms. The number of ether oxygens (including phenoxy) is 1. The number of rotatable bonds is 4. The largest absolute Gasteiger partial charge is 0.509 e. The molecular weight excluding hydrogens is 408 g/mol. The van der Waals surface area contributed by atoms with E-state index in [1.165, 1.54) is 19.2 Å². The molecule has 1 aromatic heterocycles. The first-order chi connectivity index (χ1) is 15.5. The molecule has 0 fully saturated rings. The smallest absolute Gasteiger partial charge is 0.337 e. The number of hydrogen-bond acceptors (Lipinski definition) is 7. The van der Waals surface area contributed by atoms with E-state index in [9.17, 15) is 15.0 Å². The van der Waals surface area contributed by atoms with Gasteiger partial charge in [0.2, 0.25) is 0 Å². The predicted octanol–water partition coefficient (Wildman–Crippen LogP) is 4.62. The molecule has 0 unspecified atom stereocenters. The maximum Gasteiger partial charge on any atom is 0.337 e. The van der Waals surface area contributed by atoms with E-state index in [0.717, 1.165) is 0 Å². The Morgan fingerprint density at radius 1 is 0.844 bits per heavy atom. The maximum absolute atomic E-state index is 11.7. The SMILES string of the molecule is [C-]#[N+]c1ccc(-c2nc(-c3ccc(C(=O)OC)cc3)nc(-c3ccccc3O)n2)c(O)c1. The Morgan fingerprint density at radius 3 is 2.06 bits per heavy atom. The fourth-order valence-electron chi connectivity index (χ4n) is 3.06. The van der Waals surface area contributed by atoms with E-state index < -0.39 is 5.97 Å². The third kappa shape index (κ3) is 3.95. The molecule has 0 bridgehead atoms. The van der Waals surface area contributed by atoms with Crippen LogP contribution in [0.4, 0.5) is 5.69 Å². The topological polar surface area (TPSA) is 110 Å². The van der Waals surface area contributed by atoms with Gasteiger partial charge in [0, 0.05) is 5.56 Å². The second-order valence-electron chi connectivity index (χ2n) is 6.71. The van der Waals surface area contributed by atoms with Gasteiger partial charge in [-0.15, -0.1) is 0 Å². The van der Waals surface area contributed by atoms with Gasteiger partial charge in [-0.25, -0.2) is 24.6 Å². The van der Waals surface area contributed by atoms with Crippen LogP contribution in [0, 0.1) is 6.57 Å². The van der Waals surface area contributed by atoms with Gasteiger partial charge >= 0.3 is 5.97 Å². The summed E-state index contributed by atoms with van der Waals surface area (Å²) in [6.07, 6.45) is 0. The molecule has 0 atom stereocenters. The first kappa shape index (κ1) is 20.5. The van der Waals surface area contributed by atoms with Crippen LogP contribution >= 0.6 is 0 Å². The number of hydrogen-bond donors (Lipinski definition) is 2. The Bertz CT molecular complexity index is 1360. The minimum absolute atomic E-state index is 0.00999. The number of aromatic nitrogens is 3. The summed E-state index contributed by atoms with van der Waals surface area (Å²) in [5, 5.41) is 20.7. The highest BCUT2D eigenvalue weighted by atomic mass is 16.5. The molecule has 0 saturated carbocycles. The van der Waals surface area contributed by atoms with Crippen molar-refractivity contribution in [1.82, 2.24) is 15.0 Å². The fraction of sp³-hybridized carbons (Fsp3) is 0.0417. The number of esters is 1. The van der Waals surface area contributed by atoms with E-state index in [2.05, 4.69) is 19.8 Å². The zero-order valence-corrected chi connectivity index (χ0v) is 16.9. The van der Waals surface area contributed by atoms with Crippen LogP contribution in [-0.4, -0.2) is 38.2 Å². The molecule has 8 nitrogen and oxygen atoms in total. The number of carbonyl (C=O) groups is 1. The monoisotopic (exact) mass is 424 g/mol. The number of methoxy groups -OCH3 is 1. The average Bonchev–Trinajstić information content (AvgIpc) is 2.83. The highest BCUT2D eigenvalue weighted by Crippen LogP contribution is 2.34. The lowest BCUT2D eigenvalue weighted by molar-refractivity contribution is 0.0600. The molecule has 0 saturated heterocycles. The minimum Gasteiger partial charge on any atom is -0.509 e. The number of para-hydroxylation sites is 1. The first-order valence-corrected chi connectivity index (χ1v) is 9.44. The molecule has 32 heavy (non-hydrogen) atoms. The van der Waals surface area contributed by atoms with Gasteiger partial charge in [-0.1, -0.05) is 36.4 Å². The van der Waals surface area contributed by atoms with Crippen LogP contribution < -0.4 is 0 Å². The van der Waals surface area contributed by atoms with Crippen molar-refractivity contribution < 1.29 is 19.7 Å². The molecule has 0 amide bonds. The summed E-state index contributed by atoms with van der Waals surface area (Å²) in [6.45, 7) is 7.11. The number of benzene rings is 3. The second kappa shape index (κ2) is 8.53. The number of carbonyl (C=O) groups excluding carboxylic acids is 1. The Morgan fingerprint density at radius 2 is 1.47 bits per heavy atom. The minimum atomic E-state index is -0.465. The summed E-state index contributed by atoms with van der Waals surface area (Å²) in [5.41, 5.74) is 1.94. The van der Waals surface area contributed by atoms with Crippen molar-refractivity contribution in [3.8, 4) is 45.7 Å². The van der Waals surface area contributed by atoms with Crippen LogP contribution in [0.3, 0.4) is 0 Å². The van der Waals surface area contributed by atoms with Crippen LogP contribution in [0.5, 0.6) is 11.5 Å². The van der Waals surface area contributed by atoms with Crippen molar-refractivity contribution in [3.63, 3.8) is 0 Å². The van der Waals surface area contributed by atoms with Crippen LogP contribution in [-0.2, 0) is 4.74 Å². The normalized spacial score (nSPS) is 10.4. The van der Waals surface area contributed by atoms with E-state index in [1.54, 1.807) is 54.6 Å². The van der Waals surface area contributed by atoms with Gasteiger partial charge in [0.05, 0.1) is 30.4 Å². The maximum atomic E-state index is 11.7. The van der Waals surface area contributed by atoms with Crippen molar-refractivity contribution in [2.75, 3.05) is 7.11 Å². The molecular formula is C24H16N4O4. The summed E-state index contributed by atoms with van der Waals surface area (Å²) < 4.78 is 4.72. The number of phenols is 2. The molecule has 2 N–H and O–H groups in total. The number of nitrogens with zero attached hydrogens (tertiary/aromatic N) is 4. The Labute approximate surface area is 183 Å². The second-order valence-corrected chi connectivity index (χ2v) is 6.71. The average molecular weight is 424 g/mol. The molecule has 0 radical (unpaired) electrons. The molecule has 8 heteroatoms. The standard InChI is InChI=1S/C24H16N4O4/c1-25-16-11-12-18(20(30)13-16)23-27-21(14-7-9-15(10-8-14)24(31)32-2)26-22(28-23)17-5-3-4-6-19(17)29/h3-13,29-30H,2H3. The van der Waals surface area contributed by atoms with E-state index in [0.29, 0.717) is 22.3 Å². The van der Waals surface area contributed by atoms with E-state index in [1.807, 2.05) is 0 Å². The summed E-state index contributed by atoms with van der Waals surface area (Å²) >= 11 is 0. The third-order valence-electron chi connectivity index (χ3n) is 4.70.